The Bertz CT molecular complexity index is 1290. The van der Waals surface area contributed by atoms with Gasteiger partial charge in [-0.3, -0.25) is 9.69 Å². The highest BCUT2D eigenvalue weighted by Crippen LogP contribution is 2.37. The van der Waals surface area contributed by atoms with Crippen molar-refractivity contribution in [1.82, 2.24) is 4.90 Å². The van der Waals surface area contributed by atoms with E-state index in [0.29, 0.717) is 28.2 Å². The molecule has 1 amide bonds. The summed E-state index contributed by atoms with van der Waals surface area (Å²) in [5.74, 6) is 1.23. The van der Waals surface area contributed by atoms with Crippen molar-refractivity contribution in [3.63, 3.8) is 0 Å². The van der Waals surface area contributed by atoms with E-state index in [0.717, 1.165) is 27.7 Å². The zero-order chi connectivity index (χ0) is 25.7. The van der Waals surface area contributed by atoms with Gasteiger partial charge in [0.15, 0.2) is 16.7 Å². The molecule has 0 unspecified atom stereocenters. The van der Waals surface area contributed by atoms with Crippen molar-refractivity contribution < 1.29 is 14.3 Å². The standard InChI is InChI=1S/C29H29BrN2O3S/c1-5-20(3)32-28(33)27(36-29(32)31-24-13-6-19(2)7-14-24)17-22-10-15-25(26(16-22)34-4)35-18-21-8-11-23(30)12-9-21/h6-17,20H,5,18H2,1-4H3/b27-17+,31-29?/t20-/m0/s1. The van der Waals surface area contributed by atoms with Crippen LogP contribution in [0.1, 0.15) is 37.0 Å². The second kappa shape index (κ2) is 11.8. The number of thioether (sulfide) groups is 1. The molecule has 186 valence electrons. The van der Waals surface area contributed by atoms with E-state index in [1.54, 1.807) is 12.0 Å². The number of hydrogen-bond donors (Lipinski definition) is 0. The molecule has 4 rings (SSSR count). The molecule has 0 radical (unpaired) electrons. The third kappa shape index (κ3) is 6.20. The van der Waals surface area contributed by atoms with Crippen LogP contribution in [0.2, 0.25) is 0 Å². The van der Waals surface area contributed by atoms with Crippen LogP contribution in [0.4, 0.5) is 5.69 Å². The number of nitrogens with zero attached hydrogens (tertiary/aromatic N) is 2. The summed E-state index contributed by atoms with van der Waals surface area (Å²) in [5, 5.41) is 0.700. The van der Waals surface area contributed by atoms with E-state index < -0.39 is 0 Å². The minimum atomic E-state index is -0.0326. The predicted octanol–water partition coefficient (Wildman–Crippen LogP) is 7.75. The summed E-state index contributed by atoms with van der Waals surface area (Å²) in [6.07, 6.45) is 2.73. The number of amides is 1. The van der Waals surface area contributed by atoms with E-state index in [1.165, 1.54) is 17.3 Å². The van der Waals surface area contributed by atoms with Crippen molar-refractivity contribution in [2.75, 3.05) is 7.11 Å². The van der Waals surface area contributed by atoms with Crippen molar-refractivity contribution in [1.29, 1.82) is 0 Å². The molecule has 1 fully saturated rings. The molecule has 36 heavy (non-hydrogen) atoms. The molecule has 0 saturated carbocycles. The molecule has 0 spiro atoms. The fourth-order valence-electron chi connectivity index (χ4n) is 3.65. The monoisotopic (exact) mass is 564 g/mol. The van der Waals surface area contributed by atoms with Gasteiger partial charge in [0, 0.05) is 10.5 Å². The molecule has 0 aliphatic carbocycles. The lowest BCUT2D eigenvalue weighted by atomic mass is 10.1. The Labute approximate surface area is 225 Å². The number of carbonyl (C=O) groups is 1. The number of rotatable bonds is 8. The first-order valence-corrected chi connectivity index (χ1v) is 13.4. The number of methoxy groups -OCH3 is 1. The van der Waals surface area contributed by atoms with E-state index >= 15 is 0 Å². The van der Waals surface area contributed by atoms with Gasteiger partial charge in [0.25, 0.3) is 5.91 Å². The number of aryl methyl sites for hydroxylation is 1. The Morgan fingerprint density at radius 3 is 2.44 bits per heavy atom. The summed E-state index contributed by atoms with van der Waals surface area (Å²) in [5.41, 5.74) is 3.93. The summed E-state index contributed by atoms with van der Waals surface area (Å²) < 4.78 is 12.6. The van der Waals surface area contributed by atoms with Crippen LogP contribution in [0.3, 0.4) is 0 Å². The maximum Gasteiger partial charge on any atom is 0.266 e. The van der Waals surface area contributed by atoms with Crippen LogP contribution in [-0.4, -0.2) is 29.1 Å². The Morgan fingerprint density at radius 2 is 1.78 bits per heavy atom. The van der Waals surface area contributed by atoms with Gasteiger partial charge in [0.2, 0.25) is 0 Å². The quantitative estimate of drug-likeness (QED) is 0.262. The highest BCUT2D eigenvalue weighted by Gasteiger charge is 2.36. The third-order valence-corrected chi connectivity index (χ3v) is 7.43. The molecule has 1 saturated heterocycles. The Balaban J connectivity index is 1.57. The molecule has 3 aromatic rings. The molecule has 1 atom stereocenters. The maximum absolute atomic E-state index is 13.4. The van der Waals surface area contributed by atoms with Crippen molar-refractivity contribution in [2.45, 2.75) is 39.8 Å². The van der Waals surface area contributed by atoms with Gasteiger partial charge in [-0.05, 0) is 85.6 Å². The van der Waals surface area contributed by atoms with Crippen LogP contribution >= 0.6 is 27.7 Å². The van der Waals surface area contributed by atoms with E-state index in [1.807, 2.05) is 86.7 Å². The first-order chi connectivity index (χ1) is 17.4. The van der Waals surface area contributed by atoms with Gasteiger partial charge in [-0.15, -0.1) is 0 Å². The SMILES string of the molecule is CC[C@H](C)N1C(=O)/C(=C\c2ccc(OCc3ccc(Br)cc3)c(OC)c2)SC1=Nc1ccc(C)cc1. The van der Waals surface area contributed by atoms with Crippen molar-refractivity contribution >= 4 is 50.5 Å². The molecule has 1 heterocycles. The lowest BCUT2D eigenvalue weighted by molar-refractivity contribution is -0.123. The van der Waals surface area contributed by atoms with E-state index in [-0.39, 0.29) is 11.9 Å². The Morgan fingerprint density at radius 1 is 1.06 bits per heavy atom. The van der Waals surface area contributed by atoms with Crippen molar-refractivity contribution in [2.24, 2.45) is 4.99 Å². The molecule has 1 aliphatic heterocycles. The molecule has 7 heteroatoms. The molecule has 0 N–H and O–H groups in total. The number of halogens is 1. The average molecular weight is 566 g/mol. The van der Waals surface area contributed by atoms with Gasteiger partial charge in [-0.2, -0.15) is 0 Å². The number of benzene rings is 3. The van der Waals surface area contributed by atoms with Crippen LogP contribution in [0.5, 0.6) is 11.5 Å². The number of amidine groups is 1. The number of hydrogen-bond acceptors (Lipinski definition) is 5. The summed E-state index contributed by atoms with van der Waals surface area (Å²) >= 11 is 4.85. The maximum atomic E-state index is 13.4. The number of carbonyl (C=O) groups excluding carboxylic acids is 1. The van der Waals surface area contributed by atoms with Gasteiger partial charge in [-0.1, -0.05) is 58.7 Å². The van der Waals surface area contributed by atoms with Gasteiger partial charge in [0.1, 0.15) is 6.61 Å². The first kappa shape index (κ1) is 26.0. The van der Waals surface area contributed by atoms with Crippen LogP contribution in [0.15, 0.2) is 81.1 Å². The minimum absolute atomic E-state index is 0.0326. The fourth-order valence-corrected chi connectivity index (χ4v) is 5.01. The normalized spacial score (nSPS) is 16.6. The fraction of sp³-hybridized carbons (Fsp3) is 0.241. The summed E-state index contributed by atoms with van der Waals surface area (Å²) in [7, 11) is 1.62. The smallest absolute Gasteiger partial charge is 0.266 e. The van der Waals surface area contributed by atoms with Gasteiger partial charge >= 0.3 is 0 Å². The second-order valence-corrected chi connectivity index (χ2v) is 10.5. The van der Waals surface area contributed by atoms with Gasteiger partial charge in [-0.25, -0.2) is 4.99 Å². The lowest BCUT2D eigenvalue weighted by Gasteiger charge is -2.22. The largest absolute Gasteiger partial charge is 0.493 e. The van der Waals surface area contributed by atoms with Gasteiger partial charge < -0.3 is 9.47 Å². The Hall–Kier alpha value is -3.03. The Kier molecular flexibility index (Phi) is 8.54. The third-order valence-electron chi connectivity index (χ3n) is 5.92. The van der Waals surface area contributed by atoms with Gasteiger partial charge in [0.05, 0.1) is 17.7 Å². The van der Waals surface area contributed by atoms with Crippen LogP contribution < -0.4 is 9.47 Å². The summed E-state index contributed by atoms with van der Waals surface area (Å²) in [6, 6.07) is 21.7. The zero-order valence-electron chi connectivity index (χ0n) is 20.8. The lowest BCUT2D eigenvalue weighted by Crippen LogP contribution is -2.36. The molecule has 1 aliphatic rings. The number of aliphatic imine (C=N–C) groups is 1. The van der Waals surface area contributed by atoms with Crippen molar-refractivity contribution in [3.8, 4) is 11.5 Å². The van der Waals surface area contributed by atoms with Crippen LogP contribution in [-0.2, 0) is 11.4 Å². The zero-order valence-corrected chi connectivity index (χ0v) is 23.2. The first-order valence-electron chi connectivity index (χ1n) is 11.8. The molecule has 3 aromatic carbocycles. The van der Waals surface area contributed by atoms with E-state index in [9.17, 15) is 4.79 Å². The number of ether oxygens (including phenoxy) is 2. The van der Waals surface area contributed by atoms with Crippen molar-refractivity contribution in [3.05, 3.63) is 92.8 Å². The average Bonchev–Trinajstić information content (AvgIpc) is 3.19. The van der Waals surface area contributed by atoms with E-state index in [2.05, 4.69) is 22.9 Å². The summed E-state index contributed by atoms with van der Waals surface area (Å²) in [4.78, 5) is 20.6. The van der Waals surface area contributed by atoms with Crippen LogP contribution in [0, 0.1) is 6.92 Å². The topological polar surface area (TPSA) is 51.1 Å². The molecule has 5 nitrogen and oxygen atoms in total. The minimum Gasteiger partial charge on any atom is -0.493 e. The highest BCUT2D eigenvalue weighted by atomic mass is 79.9. The predicted molar refractivity (Wildman–Crippen MR) is 152 cm³/mol. The molecular weight excluding hydrogens is 536 g/mol. The van der Waals surface area contributed by atoms with Crippen LogP contribution in [0.25, 0.3) is 6.08 Å². The summed E-state index contributed by atoms with van der Waals surface area (Å²) in [6.45, 7) is 6.60. The highest BCUT2D eigenvalue weighted by molar-refractivity contribution is 9.10. The van der Waals surface area contributed by atoms with E-state index in [4.69, 9.17) is 14.5 Å². The molecule has 0 aromatic heterocycles. The molecular formula is C29H29BrN2O3S. The second-order valence-electron chi connectivity index (χ2n) is 8.60. The molecule has 0 bridgehead atoms.